The van der Waals surface area contributed by atoms with E-state index in [1.165, 1.54) is 22.6 Å². The highest BCUT2D eigenvalue weighted by Crippen LogP contribution is 2.40. The molecule has 3 aromatic rings. The van der Waals surface area contributed by atoms with E-state index in [0.717, 1.165) is 35.6 Å². The van der Waals surface area contributed by atoms with Crippen LogP contribution in [0.4, 0.5) is 10.7 Å². The van der Waals surface area contributed by atoms with Crippen LogP contribution in [0.15, 0.2) is 47.6 Å². The van der Waals surface area contributed by atoms with Gasteiger partial charge in [0.25, 0.3) is 5.69 Å². The van der Waals surface area contributed by atoms with Crippen LogP contribution in [0.3, 0.4) is 0 Å². The fraction of sp³-hybridized carbons (Fsp3) is 0.238. The summed E-state index contributed by atoms with van der Waals surface area (Å²) >= 11 is 1.61. The first-order valence-corrected chi connectivity index (χ1v) is 9.89. The molecule has 0 radical (unpaired) electrons. The average Bonchev–Trinajstić information content (AvgIpc) is 3.29. The largest absolute Gasteiger partial charge is 0.316 e. The Morgan fingerprint density at radius 2 is 2.14 bits per heavy atom. The van der Waals surface area contributed by atoms with Gasteiger partial charge in [-0.1, -0.05) is 6.92 Å². The second kappa shape index (κ2) is 7.41. The number of non-ortho nitro benzene ring substituents is 1. The number of nitro groups is 1. The van der Waals surface area contributed by atoms with Gasteiger partial charge in [-0.3, -0.25) is 10.1 Å². The summed E-state index contributed by atoms with van der Waals surface area (Å²) in [5.74, 6) is 0.647. The monoisotopic (exact) mass is 390 g/mol. The molecule has 2 aromatic heterocycles. The number of benzene rings is 1. The van der Waals surface area contributed by atoms with Gasteiger partial charge in [0, 0.05) is 28.9 Å². The van der Waals surface area contributed by atoms with Crippen molar-refractivity contribution < 1.29 is 4.92 Å². The van der Waals surface area contributed by atoms with Crippen LogP contribution in [0.1, 0.15) is 35.0 Å². The third-order valence-electron chi connectivity index (χ3n) is 5.04. The Morgan fingerprint density at radius 3 is 2.86 bits per heavy atom. The molecule has 0 spiro atoms. The number of nitrogens with zero attached hydrogens (tertiary/aromatic N) is 4. The van der Waals surface area contributed by atoms with Crippen molar-refractivity contribution in [2.24, 2.45) is 10.9 Å². The Labute approximate surface area is 166 Å². The van der Waals surface area contributed by atoms with E-state index in [2.05, 4.69) is 18.0 Å². The van der Waals surface area contributed by atoms with Crippen molar-refractivity contribution in [3.8, 4) is 11.8 Å². The van der Waals surface area contributed by atoms with Crippen molar-refractivity contribution in [3.05, 3.63) is 74.4 Å². The van der Waals surface area contributed by atoms with Crippen LogP contribution in [0.5, 0.6) is 0 Å². The van der Waals surface area contributed by atoms with Crippen LogP contribution in [-0.2, 0) is 12.8 Å². The van der Waals surface area contributed by atoms with Crippen LogP contribution >= 0.6 is 11.3 Å². The van der Waals surface area contributed by atoms with E-state index in [1.807, 2.05) is 22.9 Å². The smallest absolute Gasteiger partial charge is 0.269 e. The first-order chi connectivity index (χ1) is 13.6. The molecule has 4 rings (SSSR count). The first kappa shape index (κ1) is 18.1. The number of hydrogen-bond acceptors (Lipinski definition) is 5. The number of nitro benzene ring substituents is 1. The van der Waals surface area contributed by atoms with Gasteiger partial charge in [0.05, 0.1) is 22.4 Å². The van der Waals surface area contributed by atoms with Gasteiger partial charge >= 0.3 is 0 Å². The van der Waals surface area contributed by atoms with Gasteiger partial charge in [0.15, 0.2) is 0 Å². The zero-order chi connectivity index (χ0) is 19.7. The standard InChI is InChI=1S/C21H18N4O2S/c1-14-4-9-18-19(12-22)21(28-20(18)11-14)23-13-17-3-2-10-24(17)15-5-7-16(8-6-15)25(26)27/h2-3,5-8,10,13-14H,4,9,11H2,1H3. The molecule has 0 amide bonds. The SMILES string of the molecule is CC1CCc2c(sc(N=Cc3cccn3-c3ccc([N+](=O)[O-])cc3)c2C#N)C1. The molecule has 140 valence electrons. The number of aliphatic imine (C=N–C) groups is 1. The van der Waals surface area contributed by atoms with E-state index in [9.17, 15) is 15.4 Å². The first-order valence-electron chi connectivity index (χ1n) is 9.07. The quantitative estimate of drug-likeness (QED) is 0.349. The Bertz CT molecular complexity index is 1100. The molecule has 7 heteroatoms. The summed E-state index contributed by atoms with van der Waals surface area (Å²) in [6.45, 7) is 2.24. The molecule has 28 heavy (non-hydrogen) atoms. The van der Waals surface area contributed by atoms with Crippen LogP contribution in [0, 0.1) is 27.4 Å². The number of aromatic nitrogens is 1. The van der Waals surface area contributed by atoms with Gasteiger partial charge in [0.1, 0.15) is 11.1 Å². The maximum absolute atomic E-state index is 10.8. The number of hydrogen-bond donors (Lipinski definition) is 0. The van der Waals surface area contributed by atoms with Gasteiger partial charge in [-0.15, -0.1) is 11.3 Å². The van der Waals surface area contributed by atoms with Crippen molar-refractivity contribution in [1.29, 1.82) is 5.26 Å². The number of fused-ring (bicyclic) bond motifs is 1. The van der Waals surface area contributed by atoms with E-state index in [4.69, 9.17) is 0 Å². The van der Waals surface area contributed by atoms with E-state index in [-0.39, 0.29) is 5.69 Å². The van der Waals surface area contributed by atoms with Crippen molar-refractivity contribution in [2.45, 2.75) is 26.2 Å². The summed E-state index contributed by atoms with van der Waals surface area (Å²) in [4.78, 5) is 16.3. The fourth-order valence-corrected chi connectivity index (χ4v) is 4.84. The second-order valence-corrected chi connectivity index (χ2v) is 8.06. The van der Waals surface area contributed by atoms with Gasteiger partial charge in [-0.25, -0.2) is 4.99 Å². The van der Waals surface area contributed by atoms with E-state index in [0.29, 0.717) is 11.5 Å². The average molecular weight is 390 g/mol. The molecule has 0 N–H and O–H groups in total. The topological polar surface area (TPSA) is 84.2 Å². The minimum absolute atomic E-state index is 0.0585. The molecule has 0 aliphatic heterocycles. The molecular formula is C21H18N4O2S. The summed E-state index contributed by atoms with van der Waals surface area (Å²) in [6.07, 6.45) is 6.72. The van der Waals surface area contributed by atoms with Crippen LogP contribution in [0.2, 0.25) is 0 Å². The molecule has 0 saturated carbocycles. The molecule has 1 aliphatic rings. The summed E-state index contributed by atoms with van der Waals surface area (Å²) < 4.78 is 1.91. The third-order valence-corrected chi connectivity index (χ3v) is 6.20. The molecule has 6 nitrogen and oxygen atoms in total. The lowest BCUT2D eigenvalue weighted by molar-refractivity contribution is -0.384. The summed E-state index contributed by atoms with van der Waals surface area (Å²) in [7, 11) is 0. The molecule has 0 bridgehead atoms. The molecule has 1 atom stereocenters. The third kappa shape index (κ3) is 3.35. The van der Waals surface area contributed by atoms with Crippen LogP contribution < -0.4 is 0 Å². The van der Waals surface area contributed by atoms with Crippen molar-refractivity contribution >= 4 is 28.2 Å². The minimum atomic E-state index is -0.412. The fourth-order valence-electron chi connectivity index (χ4n) is 3.54. The summed E-state index contributed by atoms with van der Waals surface area (Å²) in [6, 6.07) is 12.5. The molecule has 0 saturated heterocycles. The van der Waals surface area contributed by atoms with E-state index < -0.39 is 4.92 Å². The normalized spacial score (nSPS) is 16.1. The Hall–Kier alpha value is -3.24. The lowest BCUT2D eigenvalue weighted by atomic mass is 9.89. The highest BCUT2D eigenvalue weighted by molar-refractivity contribution is 7.16. The molecule has 1 aliphatic carbocycles. The maximum atomic E-state index is 10.8. The predicted molar refractivity (Wildman–Crippen MR) is 110 cm³/mol. The van der Waals surface area contributed by atoms with Gasteiger partial charge < -0.3 is 4.57 Å². The molecule has 0 fully saturated rings. The molecule has 2 heterocycles. The Morgan fingerprint density at radius 1 is 1.36 bits per heavy atom. The van der Waals surface area contributed by atoms with Crippen molar-refractivity contribution in [2.75, 3.05) is 0 Å². The highest BCUT2D eigenvalue weighted by atomic mass is 32.1. The van der Waals surface area contributed by atoms with E-state index >= 15 is 0 Å². The maximum Gasteiger partial charge on any atom is 0.269 e. The number of nitriles is 1. The van der Waals surface area contributed by atoms with Crippen LogP contribution in [-0.4, -0.2) is 15.7 Å². The Balaban J connectivity index is 1.65. The van der Waals surface area contributed by atoms with Crippen molar-refractivity contribution in [3.63, 3.8) is 0 Å². The lowest BCUT2D eigenvalue weighted by Crippen LogP contribution is -2.09. The lowest BCUT2D eigenvalue weighted by Gasteiger charge is -2.17. The van der Waals surface area contributed by atoms with E-state index in [1.54, 1.807) is 29.7 Å². The highest BCUT2D eigenvalue weighted by Gasteiger charge is 2.23. The summed E-state index contributed by atoms with van der Waals surface area (Å²) in [5, 5.41) is 21.2. The van der Waals surface area contributed by atoms with Gasteiger partial charge in [-0.05, 0) is 55.0 Å². The minimum Gasteiger partial charge on any atom is -0.316 e. The van der Waals surface area contributed by atoms with Crippen molar-refractivity contribution in [1.82, 2.24) is 4.57 Å². The number of thiophene rings is 1. The van der Waals surface area contributed by atoms with Gasteiger partial charge in [-0.2, -0.15) is 5.26 Å². The predicted octanol–water partition coefficient (Wildman–Crippen LogP) is 5.19. The molecular weight excluding hydrogens is 372 g/mol. The zero-order valence-corrected chi connectivity index (χ0v) is 16.1. The number of rotatable bonds is 4. The van der Waals surface area contributed by atoms with Crippen LogP contribution in [0.25, 0.3) is 5.69 Å². The van der Waals surface area contributed by atoms with Gasteiger partial charge in [0.2, 0.25) is 0 Å². The molecule has 1 aromatic carbocycles. The second-order valence-electron chi connectivity index (χ2n) is 6.98. The summed E-state index contributed by atoms with van der Waals surface area (Å²) in [5.41, 5.74) is 3.60. The Kier molecular flexibility index (Phi) is 4.80. The molecule has 1 unspecified atom stereocenters. The zero-order valence-electron chi connectivity index (χ0n) is 15.3.